The quantitative estimate of drug-likeness (QED) is 0.168. The van der Waals surface area contributed by atoms with Crippen LogP contribution < -0.4 is 18.9 Å². The van der Waals surface area contributed by atoms with Crippen LogP contribution in [0.25, 0.3) is 0 Å². The van der Waals surface area contributed by atoms with Gasteiger partial charge in [0, 0.05) is 0 Å². The maximum atomic E-state index is 2.97. The third-order valence-electron chi connectivity index (χ3n) is 0.158. The fourth-order valence-electron chi connectivity index (χ4n) is 0. The second kappa shape index (κ2) is 2.03. The average Bonchev–Trinajstić information content (AvgIpc) is 1.46. The smallest absolute Gasteiger partial charge is 0.464 e. The Kier molecular flexibility index (Phi) is 2.42. The molecule has 0 nitrogen and oxygen atoms in total. The zero-order chi connectivity index (χ0) is 2.12. The summed E-state index contributed by atoms with van der Waals surface area (Å²) in [5, 5.41) is 0. The molecule has 0 unspecified atom stereocenters. The molecule has 0 aromatic carbocycles. The van der Waals surface area contributed by atoms with Crippen LogP contribution in [0.1, 0.15) is 0 Å². The van der Waals surface area contributed by atoms with E-state index >= 15 is 0 Å². The van der Waals surface area contributed by atoms with Crippen molar-refractivity contribution in [3.8, 4) is 0 Å². The van der Waals surface area contributed by atoms with Gasteiger partial charge in [-0.25, -0.2) is 0 Å². The van der Waals surface area contributed by atoms with Crippen LogP contribution in [0.2, 0.25) is 0 Å². The van der Waals surface area contributed by atoms with Crippen molar-refractivity contribution in [2.24, 2.45) is 0 Å². The third-order valence-corrected chi connectivity index (χ3v) is 0.474. The predicted octanol–water partition coefficient (Wildman–Crippen LogP) is -2.37. The Morgan fingerprint density at radius 2 is 2.00 bits per heavy atom. The minimum atomic E-state index is 0. The molecule has 1 heterocycles. The predicted molar refractivity (Wildman–Crippen MR) is 16.8 cm³/mol. The minimum Gasteiger partial charge on any atom is -0.464 e. The molecule has 1 aliphatic rings. The molecule has 0 radical (unpaired) electrons. The maximum Gasteiger partial charge on any atom is 1.00 e. The monoisotopic (exact) mass is 64.0 g/mol. The van der Waals surface area contributed by atoms with Gasteiger partial charge in [0.1, 0.15) is 0 Å². The summed E-state index contributed by atoms with van der Waals surface area (Å²) >= 11 is 0. The standard InChI is InChI=1S/C2H2P.Li/c1-2-3-1;/h1H2;/q-1;+1. The molecule has 16 valence electrons. The van der Waals surface area contributed by atoms with Gasteiger partial charge in [0.2, 0.25) is 0 Å². The van der Waals surface area contributed by atoms with E-state index in [9.17, 15) is 0 Å². The Hall–Kier alpha value is 0.767. The molecule has 0 bridgehead atoms. The van der Waals surface area contributed by atoms with Crippen LogP contribution in [0.5, 0.6) is 0 Å². The van der Waals surface area contributed by atoms with Crippen LogP contribution in [0.15, 0.2) is 0 Å². The summed E-state index contributed by atoms with van der Waals surface area (Å²) in [7, 11) is 1.42. The molecular weight excluding hydrogens is 61.9 g/mol. The molecule has 0 aliphatic carbocycles. The number of rotatable bonds is 0. The van der Waals surface area contributed by atoms with Crippen molar-refractivity contribution in [3.63, 3.8) is 0 Å². The van der Waals surface area contributed by atoms with Gasteiger partial charge in [-0.15, -0.1) is 0 Å². The second-order valence-electron chi connectivity index (χ2n) is 0.474. The maximum absolute atomic E-state index is 2.97. The van der Waals surface area contributed by atoms with Gasteiger partial charge in [0.15, 0.2) is 0 Å². The molecule has 0 saturated carbocycles. The van der Waals surface area contributed by atoms with E-state index in [1.807, 2.05) is 0 Å². The Labute approximate surface area is 39.6 Å². The average molecular weight is 64.0 g/mol. The van der Waals surface area contributed by atoms with Crippen molar-refractivity contribution in [2.75, 3.05) is 6.16 Å². The molecule has 0 aromatic rings. The topological polar surface area (TPSA) is 0 Å². The Morgan fingerprint density at radius 3 is 2.00 bits per heavy atom. The van der Waals surface area contributed by atoms with Crippen molar-refractivity contribution in [3.05, 3.63) is 0 Å². The van der Waals surface area contributed by atoms with Crippen LogP contribution in [-0.2, 0) is 0 Å². The molecule has 0 amide bonds. The summed E-state index contributed by atoms with van der Waals surface area (Å²) < 4.78 is 0. The molecule has 1 aliphatic heterocycles. The van der Waals surface area contributed by atoms with Gasteiger partial charge in [0.05, 0.1) is 0 Å². The largest absolute Gasteiger partial charge is 1.00 e. The van der Waals surface area contributed by atoms with E-state index in [4.69, 9.17) is 0 Å². The van der Waals surface area contributed by atoms with Gasteiger partial charge in [-0.1, -0.05) is 0 Å². The van der Waals surface area contributed by atoms with Crippen molar-refractivity contribution < 1.29 is 18.9 Å². The van der Waals surface area contributed by atoms with Crippen molar-refractivity contribution in [1.82, 2.24) is 0 Å². The van der Waals surface area contributed by atoms with Gasteiger partial charge >= 0.3 is 18.9 Å². The first kappa shape index (κ1) is 4.77. The SMILES string of the molecule is [C-]1=PC1.[Li+]. The van der Waals surface area contributed by atoms with E-state index in [0.717, 1.165) is 0 Å². The Bertz CT molecular complexity index is 29.0. The fourth-order valence-corrected chi connectivity index (χ4v) is 0. The first-order chi connectivity index (χ1) is 1.50. The molecule has 0 atom stereocenters. The summed E-state index contributed by atoms with van der Waals surface area (Å²) in [6, 6.07) is 0. The molecule has 1 rings (SSSR count). The van der Waals surface area contributed by atoms with Crippen LogP contribution in [-0.4, -0.2) is 12.0 Å². The van der Waals surface area contributed by atoms with Gasteiger partial charge in [0.25, 0.3) is 0 Å². The Balaban J connectivity index is 0.0000000900. The first-order valence-corrected chi connectivity index (χ1v) is 1.97. The van der Waals surface area contributed by atoms with E-state index in [1.165, 1.54) is 14.4 Å². The van der Waals surface area contributed by atoms with Crippen LogP contribution in [0.3, 0.4) is 0 Å². The summed E-state index contributed by atoms with van der Waals surface area (Å²) in [6.45, 7) is 0. The first-order valence-electron chi connectivity index (χ1n) is 0.893. The summed E-state index contributed by atoms with van der Waals surface area (Å²) in [5.41, 5.74) is 0. The van der Waals surface area contributed by atoms with Crippen molar-refractivity contribution >= 4 is 14.0 Å². The normalized spacial score (nSPS) is 18.0. The zero-order valence-electron chi connectivity index (χ0n) is 2.65. The van der Waals surface area contributed by atoms with E-state index in [2.05, 4.69) is 5.80 Å². The fraction of sp³-hybridized carbons (Fsp3) is 0.500. The van der Waals surface area contributed by atoms with Gasteiger partial charge in [-0.3, -0.25) is 0 Å². The molecule has 0 N–H and O–H groups in total. The van der Waals surface area contributed by atoms with E-state index in [-0.39, 0.29) is 18.9 Å². The summed E-state index contributed by atoms with van der Waals surface area (Å²) in [5.74, 6) is 2.97. The minimum absolute atomic E-state index is 0. The van der Waals surface area contributed by atoms with E-state index in [0.29, 0.717) is 0 Å². The van der Waals surface area contributed by atoms with Gasteiger partial charge < -0.3 is 14.0 Å². The number of hydrogen-bond acceptors (Lipinski definition) is 0. The third kappa shape index (κ3) is 2.77. The number of hydrogen-bond donors (Lipinski definition) is 0. The molecule has 0 aromatic heterocycles. The summed E-state index contributed by atoms with van der Waals surface area (Å²) in [6.07, 6.45) is 1.22. The van der Waals surface area contributed by atoms with E-state index < -0.39 is 0 Å². The molecule has 2 heteroatoms. The van der Waals surface area contributed by atoms with Gasteiger partial charge in [-0.2, -0.15) is 6.16 Å². The van der Waals surface area contributed by atoms with E-state index in [1.54, 1.807) is 0 Å². The molecule has 4 heavy (non-hydrogen) atoms. The van der Waals surface area contributed by atoms with Gasteiger partial charge in [-0.05, 0) is 0 Å². The van der Waals surface area contributed by atoms with Crippen molar-refractivity contribution in [1.29, 1.82) is 0 Å². The molecule has 0 spiro atoms. The molecule has 0 saturated heterocycles. The van der Waals surface area contributed by atoms with Crippen LogP contribution in [0.4, 0.5) is 0 Å². The zero-order valence-corrected chi connectivity index (χ0v) is 3.55. The summed E-state index contributed by atoms with van der Waals surface area (Å²) in [4.78, 5) is 0. The van der Waals surface area contributed by atoms with Crippen LogP contribution in [0, 0.1) is 0 Å². The molecule has 0 fully saturated rings. The second-order valence-corrected chi connectivity index (χ2v) is 1.42. The van der Waals surface area contributed by atoms with Crippen molar-refractivity contribution in [2.45, 2.75) is 0 Å². The molecular formula is C2H2LiP. The Morgan fingerprint density at radius 1 is 1.75 bits per heavy atom. The van der Waals surface area contributed by atoms with Crippen LogP contribution >= 0.6 is 8.20 Å².